The molecule has 0 saturated carbocycles. The Morgan fingerprint density at radius 3 is 2.82 bits per heavy atom. The van der Waals surface area contributed by atoms with Gasteiger partial charge in [0, 0.05) is 37.3 Å². The van der Waals surface area contributed by atoms with Gasteiger partial charge < -0.3 is 4.52 Å². The Morgan fingerprint density at radius 2 is 2.04 bits per heavy atom. The van der Waals surface area contributed by atoms with Gasteiger partial charge in [-0.2, -0.15) is 10.1 Å². The SMILES string of the molecule is Cn1nccc1C1=CC2CCC(C1)N2CCCc1nc(-c2ccccc2)no1. The van der Waals surface area contributed by atoms with Crippen LogP contribution in [-0.4, -0.2) is 43.4 Å². The summed E-state index contributed by atoms with van der Waals surface area (Å²) in [5.41, 5.74) is 3.71. The van der Waals surface area contributed by atoms with E-state index in [0.29, 0.717) is 17.9 Å². The van der Waals surface area contributed by atoms with Crippen molar-refractivity contribution in [3.8, 4) is 11.4 Å². The molecule has 6 nitrogen and oxygen atoms in total. The quantitative estimate of drug-likeness (QED) is 0.657. The van der Waals surface area contributed by atoms with Gasteiger partial charge in [-0.3, -0.25) is 9.58 Å². The summed E-state index contributed by atoms with van der Waals surface area (Å²) in [6.45, 7) is 1.08. The first-order valence-electron chi connectivity index (χ1n) is 10.1. The lowest BCUT2D eigenvalue weighted by Crippen LogP contribution is -2.39. The average Bonchev–Trinajstić information content (AvgIpc) is 3.41. The van der Waals surface area contributed by atoms with Crippen molar-refractivity contribution in [3.63, 3.8) is 0 Å². The highest BCUT2D eigenvalue weighted by Crippen LogP contribution is 2.38. The van der Waals surface area contributed by atoms with Crippen LogP contribution in [0.1, 0.15) is 37.3 Å². The molecule has 2 unspecified atom stereocenters. The van der Waals surface area contributed by atoms with Crippen molar-refractivity contribution in [2.24, 2.45) is 7.05 Å². The van der Waals surface area contributed by atoms with E-state index in [9.17, 15) is 0 Å². The molecular formula is C22H25N5O. The van der Waals surface area contributed by atoms with Crippen molar-refractivity contribution in [1.29, 1.82) is 0 Å². The second-order valence-corrected chi connectivity index (χ2v) is 7.75. The topological polar surface area (TPSA) is 60.0 Å². The van der Waals surface area contributed by atoms with E-state index in [1.807, 2.05) is 48.3 Å². The Kier molecular flexibility index (Phi) is 4.56. The van der Waals surface area contributed by atoms with Gasteiger partial charge in [0.1, 0.15) is 0 Å². The Hall–Kier alpha value is -2.73. The maximum atomic E-state index is 5.46. The Balaban J connectivity index is 1.20. The van der Waals surface area contributed by atoms with Gasteiger partial charge in [-0.1, -0.05) is 41.6 Å². The van der Waals surface area contributed by atoms with Gasteiger partial charge in [-0.05, 0) is 43.9 Å². The van der Waals surface area contributed by atoms with Crippen LogP contribution in [0.5, 0.6) is 0 Å². The molecule has 28 heavy (non-hydrogen) atoms. The fourth-order valence-corrected chi connectivity index (χ4v) is 4.62. The van der Waals surface area contributed by atoms with E-state index in [4.69, 9.17) is 4.52 Å². The standard InChI is InChI=1S/C22H25N5O/c1-26-20(11-12-23-26)17-14-18-9-10-19(15-17)27(18)13-5-8-21-24-22(25-28-21)16-6-3-2-4-7-16/h2-4,6-7,11-12,14,18-19H,5,8-10,13,15H2,1H3. The molecule has 2 aliphatic rings. The monoisotopic (exact) mass is 375 g/mol. The largest absolute Gasteiger partial charge is 0.339 e. The molecule has 4 heterocycles. The van der Waals surface area contributed by atoms with Gasteiger partial charge >= 0.3 is 0 Å². The highest BCUT2D eigenvalue weighted by Gasteiger charge is 2.36. The van der Waals surface area contributed by atoms with Crippen molar-refractivity contribution in [1.82, 2.24) is 24.8 Å². The molecule has 1 saturated heterocycles. The minimum absolute atomic E-state index is 0.547. The maximum Gasteiger partial charge on any atom is 0.227 e. The zero-order valence-electron chi connectivity index (χ0n) is 16.2. The van der Waals surface area contributed by atoms with Crippen molar-refractivity contribution in [3.05, 3.63) is 60.3 Å². The normalized spacial score (nSPS) is 21.8. The number of hydrogen-bond donors (Lipinski definition) is 0. The summed E-state index contributed by atoms with van der Waals surface area (Å²) < 4.78 is 7.44. The third-order valence-electron chi connectivity index (χ3n) is 6.00. The fraction of sp³-hybridized carbons (Fsp3) is 0.409. The molecule has 0 N–H and O–H groups in total. The lowest BCUT2D eigenvalue weighted by atomic mass is 9.98. The van der Waals surface area contributed by atoms with E-state index in [2.05, 4.69) is 32.3 Å². The molecule has 0 aliphatic carbocycles. The van der Waals surface area contributed by atoms with Gasteiger partial charge in [-0.25, -0.2) is 0 Å². The van der Waals surface area contributed by atoms with Gasteiger partial charge in [0.25, 0.3) is 0 Å². The summed E-state index contributed by atoms with van der Waals surface area (Å²) in [5, 5.41) is 8.45. The van der Waals surface area contributed by atoms with Crippen molar-refractivity contribution >= 4 is 5.57 Å². The van der Waals surface area contributed by atoms with Gasteiger partial charge in [-0.15, -0.1) is 0 Å². The van der Waals surface area contributed by atoms with Crippen LogP contribution in [0.25, 0.3) is 17.0 Å². The molecule has 0 radical (unpaired) electrons. The number of aryl methyl sites for hydroxylation is 2. The van der Waals surface area contributed by atoms with Crippen LogP contribution in [0, 0.1) is 0 Å². The number of rotatable bonds is 6. The van der Waals surface area contributed by atoms with E-state index >= 15 is 0 Å². The third-order valence-corrected chi connectivity index (χ3v) is 6.00. The summed E-state index contributed by atoms with van der Waals surface area (Å²) in [6, 6.07) is 13.3. The van der Waals surface area contributed by atoms with Gasteiger partial charge in [0.2, 0.25) is 11.7 Å². The predicted molar refractivity (Wildman–Crippen MR) is 107 cm³/mol. The van der Waals surface area contributed by atoms with Crippen LogP contribution in [0.4, 0.5) is 0 Å². The molecule has 2 aliphatic heterocycles. The predicted octanol–water partition coefficient (Wildman–Crippen LogP) is 3.72. The summed E-state index contributed by atoms with van der Waals surface area (Å²) in [7, 11) is 2.03. The molecule has 3 aromatic rings. The Morgan fingerprint density at radius 1 is 1.14 bits per heavy atom. The molecule has 6 heteroatoms. The second kappa shape index (κ2) is 7.36. The van der Waals surface area contributed by atoms with Crippen LogP contribution in [0.3, 0.4) is 0 Å². The number of aromatic nitrogens is 4. The first kappa shape index (κ1) is 17.4. The fourth-order valence-electron chi connectivity index (χ4n) is 4.62. The number of hydrogen-bond acceptors (Lipinski definition) is 5. The van der Waals surface area contributed by atoms with E-state index in [0.717, 1.165) is 37.3 Å². The second-order valence-electron chi connectivity index (χ2n) is 7.75. The molecule has 144 valence electrons. The van der Waals surface area contributed by atoms with E-state index in [-0.39, 0.29) is 0 Å². The molecule has 2 atom stereocenters. The maximum absolute atomic E-state index is 5.46. The van der Waals surface area contributed by atoms with Gasteiger partial charge in [0.05, 0.1) is 5.69 Å². The highest BCUT2D eigenvalue weighted by atomic mass is 16.5. The van der Waals surface area contributed by atoms with Gasteiger partial charge in [0.15, 0.2) is 0 Å². The Labute approximate surface area is 164 Å². The Bertz CT molecular complexity index is 974. The smallest absolute Gasteiger partial charge is 0.227 e. The van der Waals surface area contributed by atoms with Crippen LogP contribution in [0.2, 0.25) is 0 Å². The number of benzene rings is 1. The molecular weight excluding hydrogens is 350 g/mol. The zero-order chi connectivity index (χ0) is 18.9. The number of nitrogens with zero attached hydrogens (tertiary/aromatic N) is 5. The molecule has 0 amide bonds. The van der Waals surface area contributed by atoms with Crippen molar-refractivity contribution in [2.45, 2.75) is 44.2 Å². The van der Waals surface area contributed by atoms with Crippen molar-refractivity contribution in [2.75, 3.05) is 6.54 Å². The van der Waals surface area contributed by atoms with Crippen LogP contribution < -0.4 is 0 Å². The van der Waals surface area contributed by atoms with E-state index < -0.39 is 0 Å². The number of fused-ring (bicyclic) bond motifs is 2. The van der Waals surface area contributed by atoms with Crippen molar-refractivity contribution < 1.29 is 4.52 Å². The minimum Gasteiger partial charge on any atom is -0.339 e. The van der Waals surface area contributed by atoms with Crippen LogP contribution in [-0.2, 0) is 13.5 Å². The first-order chi connectivity index (χ1) is 13.8. The van der Waals surface area contributed by atoms with E-state index in [1.54, 1.807) is 0 Å². The summed E-state index contributed by atoms with van der Waals surface area (Å²) in [5.74, 6) is 1.41. The van der Waals surface area contributed by atoms with Crippen LogP contribution in [0.15, 0.2) is 53.2 Å². The summed E-state index contributed by atoms with van der Waals surface area (Å²) >= 11 is 0. The zero-order valence-corrected chi connectivity index (χ0v) is 16.2. The minimum atomic E-state index is 0.547. The lowest BCUT2D eigenvalue weighted by molar-refractivity contribution is 0.207. The molecule has 1 fully saturated rings. The average molecular weight is 375 g/mol. The van der Waals surface area contributed by atoms with E-state index in [1.165, 1.54) is 24.1 Å². The molecule has 0 spiro atoms. The molecule has 5 rings (SSSR count). The summed E-state index contributed by atoms with van der Waals surface area (Å²) in [6.07, 6.45) is 9.87. The third kappa shape index (κ3) is 3.29. The first-order valence-corrected chi connectivity index (χ1v) is 10.1. The highest BCUT2D eigenvalue weighted by molar-refractivity contribution is 5.65. The molecule has 2 aromatic heterocycles. The summed E-state index contributed by atoms with van der Waals surface area (Å²) in [4.78, 5) is 7.22. The molecule has 2 bridgehead atoms. The molecule has 1 aromatic carbocycles. The van der Waals surface area contributed by atoms with Crippen LogP contribution >= 0.6 is 0 Å². The lowest BCUT2D eigenvalue weighted by Gasteiger charge is -2.33.